The van der Waals surface area contributed by atoms with Crippen LogP contribution in [0.4, 0.5) is 4.39 Å². The van der Waals surface area contributed by atoms with Crippen molar-refractivity contribution in [2.75, 3.05) is 20.3 Å². The van der Waals surface area contributed by atoms with Crippen LogP contribution in [-0.2, 0) is 16.1 Å². The molecule has 0 aliphatic rings. The third kappa shape index (κ3) is 5.45. The molecule has 7 heteroatoms. The number of carbonyl (C=O) groups excluding carboxylic acids is 2. The highest BCUT2D eigenvalue weighted by Gasteiger charge is 2.27. The molecule has 2 aromatic rings. The summed E-state index contributed by atoms with van der Waals surface area (Å²) in [6, 6.07) is 12.3. The van der Waals surface area contributed by atoms with Gasteiger partial charge >= 0.3 is 0 Å². The Bertz CT molecular complexity index is 812. The van der Waals surface area contributed by atoms with Crippen LogP contribution >= 0.6 is 0 Å². The van der Waals surface area contributed by atoms with E-state index in [4.69, 9.17) is 9.47 Å². The fourth-order valence-corrected chi connectivity index (χ4v) is 2.68. The molecular formula is C21H25FN2O4. The molecule has 0 heterocycles. The number of rotatable bonds is 9. The molecule has 0 aliphatic heterocycles. The van der Waals surface area contributed by atoms with Gasteiger partial charge in [-0.2, -0.15) is 0 Å². The van der Waals surface area contributed by atoms with E-state index in [1.165, 1.54) is 18.1 Å². The summed E-state index contributed by atoms with van der Waals surface area (Å²) in [6.45, 7) is 3.48. The van der Waals surface area contributed by atoms with Gasteiger partial charge < -0.3 is 19.7 Å². The van der Waals surface area contributed by atoms with Crippen LogP contribution in [0.1, 0.15) is 19.4 Å². The lowest BCUT2D eigenvalue weighted by Gasteiger charge is -2.28. The highest BCUT2D eigenvalue weighted by atomic mass is 19.1. The molecular weight excluding hydrogens is 363 g/mol. The van der Waals surface area contributed by atoms with Crippen molar-refractivity contribution < 1.29 is 23.5 Å². The Morgan fingerprint density at radius 1 is 1.11 bits per heavy atom. The molecule has 2 rings (SSSR count). The maximum Gasteiger partial charge on any atom is 0.261 e. The zero-order valence-electron chi connectivity index (χ0n) is 16.3. The quantitative estimate of drug-likeness (QED) is 0.717. The normalized spacial score (nSPS) is 11.4. The minimum atomic E-state index is -0.784. The first-order valence-corrected chi connectivity index (χ1v) is 9.04. The average Bonchev–Trinajstić information content (AvgIpc) is 2.71. The summed E-state index contributed by atoms with van der Waals surface area (Å²) in [6.07, 6.45) is 0. The number of benzene rings is 2. The first-order valence-electron chi connectivity index (χ1n) is 9.04. The molecule has 2 aromatic carbocycles. The van der Waals surface area contributed by atoms with Gasteiger partial charge in [-0.25, -0.2) is 4.39 Å². The van der Waals surface area contributed by atoms with Gasteiger partial charge in [0.25, 0.3) is 5.91 Å². The van der Waals surface area contributed by atoms with Crippen LogP contribution in [0.5, 0.6) is 11.5 Å². The molecule has 0 saturated heterocycles. The van der Waals surface area contributed by atoms with E-state index in [1.807, 2.05) is 0 Å². The van der Waals surface area contributed by atoms with Crippen molar-refractivity contribution in [2.45, 2.75) is 26.4 Å². The van der Waals surface area contributed by atoms with E-state index < -0.39 is 17.8 Å². The van der Waals surface area contributed by atoms with E-state index in [1.54, 1.807) is 56.3 Å². The molecule has 2 amide bonds. The number of amides is 2. The molecule has 1 atom stereocenters. The summed E-state index contributed by atoms with van der Waals surface area (Å²) in [5.74, 6) is -0.283. The van der Waals surface area contributed by atoms with Crippen LogP contribution in [0.3, 0.4) is 0 Å². The lowest BCUT2D eigenvalue weighted by molar-refractivity contribution is -0.142. The van der Waals surface area contributed by atoms with Crippen LogP contribution in [0.15, 0.2) is 48.5 Å². The molecule has 28 heavy (non-hydrogen) atoms. The summed E-state index contributed by atoms with van der Waals surface area (Å²) in [5.41, 5.74) is 0.323. The first-order chi connectivity index (χ1) is 13.5. The summed E-state index contributed by atoms with van der Waals surface area (Å²) >= 11 is 0. The number of ether oxygens (including phenoxy) is 2. The fraction of sp³-hybridized carbons (Fsp3) is 0.333. The average molecular weight is 388 g/mol. The number of hydrogen-bond donors (Lipinski definition) is 1. The van der Waals surface area contributed by atoms with Crippen LogP contribution in [-0.4, -0.2) is 43.0 Å². The molecule has 1 N–H and O–H groups in total. The van der Waals surface area contributed by atoms with Crippen molar-refractivity contribution in [1.29, 1.82) is 0 Å². The van der Waals surface area contributed by atoms with Crippen molar-refractivity contribution in [1.82, 2.24) is 10.2 Å². The number of hydrogen-bond acceptors (Lipinski definition) is 4. The predicted molar refractivity (Wildman–Crippen MR) is 104 cm³/mol. The maximum absolute atomic E-state index is 14.1. The Morgan fingerprint density at radius 3 is 2.39 bits per heavy atom. The number of para-hydroxylation sites is 2. The SMILES string of the molecule is CCNC(=O)[C@H](C)N(Cc1ccccc1F)C(=O)COc1ccccc1OC. The monoisotopic (exact) mass is 388 g/mol. The third-order valence-corrected chi connectivity index (χ3v) is 4.24. The second-order valence-corrected chi connectivity index (χ2v) is 6.12. The van der Waals surface area contributed by atoms with Gasteiger partial charge in [-0.1, -0.05) is 30.3 Å². The van der Waals surface area contributed by atoms with Crippen molar-refractivity contribution in [2.24, 2.45) is 0 Å². The molecule has 0 aromatic heterocycles. The van der Waals surface area contributed by atoms with Crippen molar-refractivity contribution >= 4 is 11.8 Å². The van der Waals surface area contributed by atoms with Gasteiger partial charge in [0.2, 0.25) is 5.91 Å². The molecule has 0 unspecified atom stereocenters. The molecule has 0 bridgehead atoms. The van der Waals surface area contributed by atoms with Gasteiger partial charge in [-0.05, 0) is 32.0 Å². The highest BCUT2D eigenvalue weighted by molar-refractivity contribution is 5.87. The zero-order chi connectivity index (χ0) is 20.5. The number of nitrogens with one attached hydrogen (secondary N) is 1. The first kappa shape index (κ1) is 21.2. The Balaban J connectivity index is 2.18. The van der Waals surface area contributed by atoms with Crippen LogP contribution in [0.2, 0.25) is 0 Å². The molecule has 150 valence electrons. The topological polar surface area (TPSA) is 67.9 Å². The van der Waals surface area contributed by atoms with Crippen molar-refractivity contribution in [3.05, 3.63) is 59.9 Å². The number of carbonyl (C=O) groups is 2. The van der Waals surface area contributed by atoms with Crippen LogP contribution in [0.25, 0.3) is 0 Å². The Hall–Kier alpha value is -3.09. The van der Waals surface area contributed by atoms with Crippen LogP contribution in [0, 0.1) is 5.82 Å². The highest BCUT2D eigenvalue weighted by Crippen LogP contribution is 2.26. The standard InChI is InChI=1S/C21H25FN2O4/c1-4-23-21(26)15(2)24(13-16-9-5-6-10-17(16)22)20(25)14-28-19-12-8-7-11-18(19)27-3/h5-12,15H,4,13-14H2,1-3H3,(H,23,26)/t15-/m0/s1. The van der Waals surface area contributed by atoms with Crippen molar-refractivity contribution in [3.8, 4) is 11.5 Å². The van der Waals surface area contributed by atoms with E-state index >= 15 is 0 Å². The number of halogens is 1. The van der Waals surface area contributed by atoms with Gasteiger partial charge in [0.15, 0.2) is 18.1 Å². The Morgan fingerprint density at radius 2 is 1.75 bits per heavy atom. The van der Waals surface area contributed by atoms with Gasteiger partial charge in [0, 0.05) is 18.7 Å². The fourth-order valence-electron chi connectivity index (χ4n) is 2.68. The molecule has 0 saturated carbocycles. The van der Waals surface area contributed by atoms with E-state index in [2.05, 4.69) is 5.32 Å². The smallest absolute Gasteiger partial charge is 0.261 e. The van der Waals surface area contributed by atoms with Crippen molar-refractivity contribution in [3.63, 3.8) is 0 Å². The third-order valence-electron chi connectivity index (χ3n) is 4.24. The molecule has 0 radical (unpaired) electrons. The lowest BCUT2D eigenvalue weighted by atomic mass is 10.1. The predicted octanol–water partition coefficient (Wildman–Crippen LogP) is 2.77. The minimum Gasteiger partial charge on any atom is -0.493 e. The summed E-state index contributed by atoms with van der Waals surface area (Å²) < 4.78 is 24.9. The number of methoxy groups -OCH3 is 1. The second-order valence-electron chi connectivity index (χ2n) is 6.12. The summed E-state index contributed by atoms with van der Waals surface area (Å²) in [4.78, 5) is 26.4. The summed E-state index contributed by atoms with van der Waals surface area (Å²) in [5, 5.41) is 2.69. The Labute approximate surface area is 164 Å². The van der Waals surface area contributed by atoms with E-state index in [0.29, 0.717) is 23.6 Å². The largest absolute Gasteiger partial charge is 0.493 e. The summed E-state index contributed by atoms with van der Waals surface area (Å²) in [7, 11) is 1.51. The van der Waals surface area contributed by atoms with E-state index in [-0.39, 0.29) is 19.1 Å². The van der Waals surface area contributed by atoms with E-state index in [9.17, 15) is 14.0 Å². The maximum atomic E-state index is 14.1. The second kappa shape index (κ2) is 10.3. The zero-order valence-corrected chi connectivity index (χ0v) is 16.3. The van der Waals surface area contributed by atoms with Gasteiger partial charge in [-0.3, -0.25) is 9.59 Å². The number of nitrogens with zero attached hydrogens (tertiary/aromatic N) is 1. The Kier molecular flexibility index (Phi) is 7.80. The van der Waals surface area contributed by atoms with Gasteiger partial charge in [0.1, 0.15) is 11.9 Å². The van der Waals surface area contributed by atoms with Gasteiger partial charge in [-0.15, -0.1) is 0 Å². The molecule has 0 aliphatic carbocycles. The van der Waals surface area contributed by atoms with E-state index in [0.717, 1.165) is 0 Å². The van der Waals surface area contributed by atoms with Gasteiger partial charge in [0.05, 0.1) is 7.11 Å². The minimum absolute atomic E-state index is 0.0426. The lowest BCUT2D eigenvalue weighted by Crippen LogP contribution is -2.49. The van der Waals surface area contributed by atoms with Crippen LogP contribution < -0.4 is 14.8 Å². The molecule has 0 spiro atoms. The molecule has 6 nitrogen and oxygen atoms in total. The molecule has 0 fully saturated rings. The number of likely N-dealkylation sites (N-methyl/N-ethyl adjacent to an activating group) is 1.